The van der Waals surface area contributed by atoms with Gasteiger partial charge in [-0.3, -0.25) is 19.2 Å². The summed E-state index contributed by atoms with van der Waals surface area (Å²) in [6, 6.07) is -0.528. The van der Waals surface area contributed by atoms with Crippen LogP contribution in [0.15, 0.2) is 0 Å². The van der Waals surface area contributed by atoms with Crippen LogP contribution in [0.5, 0.6) is 0 Å². The third-order valence-electron chi connectivity index (χ3n) is 4.82. The number of hydrogen-bond acceptors (Lipinski definition) is 5. The van der Waals surface area contributed by atoms with Crippen LogP contribution < -0.4 is 10.6 Å². The topological polar surface area (TPSA) is 98.8 Å². The first-order valence-electron chi connectivity index (χ1n) is 9.07. The average Bonchev–Trinajstić information content (AvgIpc) is 2.91. The molecular weight excluding hydrogens is 368 g/mol. The summed E-state index contributed by atoms with van der Waals surface area (Å²) in [6.45, 7) is 4.29. The Labute approximate surface area is 161 Å². The highest BCUT2D eigenvalue weighted by molar-refractivity contribution is 7.17. The number of rotatable bonds is 4. The molecule has 0 aliphatic carbocycles. The molecule has 1 unspecified atom stereocenters. The monoisotopic (exact) mass is 392 g/mol. The fourth-order valence-electron chi connectivity index (χ4n) is 3.56. The number of nitrogens with one attached hydrogen (secondary N) is 2. The van der Waals surface area contributed by atoms with Gasteiger partial charge in [-0.15, -0.1) is 11.3 Å². The number of carbonyl (C=O) groups is 4. The highest BCUT2D eigenvalue weighted by Gasteiger charge is 2.35. The molecule has 2 aliphatic heterocycles. The summed E-state index contributed by atoms with van der Waals surface area (Å²) in [5, 5.41) is 6.11. The van der Waals surface area contributed by atoms with Crippen LogP contribution in [0, 0.1) is 0 Å². The van der Waals surface area contributed by atoms with E-state index in [-0.39, 0.29) is 30.2 Å². The van der Waals surface area contributed by atoms with E-state index >= 15 is 0 Å². The number of carbonyl (C=O) groups excluding carboxylic acids is 4. The van der Waals surface area contributed by atoms with E-state index in [1.807, 2.05) is 6.92 Å². The molecule has 146 valence electrons. The molecule has 3 rings (SSSR count). The second-order valence-electron chi connectivity index (χ2n) is 6.97. The highest BCUT2D eigenvalue weighted by Crippen LogP contribution is 2.38. The molecule has 0 radical (unpaired) electrons. The van der Waals surface area contributed by atoms with E-state index in [4.69, 9.17) is 0 Å². The fourth-order valence-corrected chi connectivity index (χ4v) is 4.83. The molecule has 8 nitrogen and oxygen atoms in total. The van der Waals surface area contributed by atoms with Crippen molar-refractivity contribution in [2.75, 3.05) is 25.5 Å². The molecule has 0 saturated carbocycles. The summed E-state index contributed by atoms with van der Waals surface area (Å²) in [5.41, 5.74) is 1.48. The van der Waals surface area contributed by atoms with E-state index in [1.54, 1.807) is 11.9 Å². The molecule has 0 saturated heterocycles. The lowest BCUT2D eigenvalue weighted by Crippen LogP contribution is -2.49. The van der Waals surface area contributed by atoms with Crippen LogP contribution in [0.25, 0.3) is 0 Å². The van der Waals surface area contributed by atoms with E-state index in [9.17, 15) is 19.2 Å². The minimum Gasteiger partial charge on any atom is -0.345 e. The summed E-state index contributed by atoms with van der Waals surface area (Å²) in [4.78, 5) is 53.0. The Morgan fingerprint density at radius 1 is 1.30 bits per heavy atom. The first-order valence-corrected chi connectivity index (χ1v) is 9.89. The second-order valence-corrected chi connectivity index (χ2v) is 8.07. The van der Waals surface area contributed by atoms with Crippen LogP contribution in [0.4, 0.5) is 5.00 Å². The van der Waals surface area contributed by atoms with Crippen molar-refractivity contribution < 1.29 is 19.2 Å². The molecule has 9 heteroatoms. The van der Waals surface area contributed by atoms with Gasteiger partial charge in [-0.25, -0.2) is 0 Å². The van der Waals surface area contributed by atoms with Crippen molar-refractivity contribution in [1.29, 1.82) is 0 Å². The number of amides is 4. The van der Waals surface area contributed by atoms with Crippen molar-refractivity contribution in [3.63, 3.8) is 0 Å². The minimum atomic E-state index is -0.528. The van der Waals surface area contributed by atoms with Gasteiger partial charge in [0.25, 0.3) is 5.91 Å². The van der Waals surface area contributed by atoms with Gasteiger partial charge in [0.2, 0.25) is 17.7 Å². The number of nitrogens with zero attached hydrogens (tertiary/aromatic N) is 2. The zero-order chi connectivity index (χ0) is 19.7. The van der Waals surface area contributed by atoms with E-state index in [0.717, 1.165) is 16.9 Å². The molecule has 3 heterocycles. The summed E-state index contributed by atoms with van der Waals surface area (Å²) in [7, 11) is 1.61. The summed E-state index contributed by atoms with van der Waals surface area (Å²) >= 11 is 1.36. The normalized spacial score (nSPS) is 17.6. The van der Waals surface area contributed by atoms with Crippen molar-refractivity contribution in [3.8, 4) is 0 Å². The number of anilines is 1. The number of hydrogen-bond donors (Lipinski definition) is 2. The number of thiophene rings is 1. The lowest BCUT2D eigenvalue weighted by Gasteiger charge is -2.31. The lowest BCUT2D eigenvalue weighted by atomic mass is 10.0. The maximum Gasteiger partial charge on any atom is 0.257 e. The number of fused-ring (bicyclic) bond motifs is 3. The van der Waals surface area contributed by atoms with Crippen molar-refractivity contribution in [1.82, 2.24) is 15.1 Å². The minimum absolute atomic E-state index is 0.0367. The Kier molecular flexibility index (Phi) is 5.50. The maximum absolute atomic E-state index is 12.9. The van der Waals surface area contributed by atoms with Crippen molar-refractivity contribution in [2.45, 2.75) is 45.7 Å². The van der Waals surface area contributed by atoms with Crippen LogP contribution >= 0.6 is 11.3 Å². The van der Waals surface area contributed by atoms with Gasteiger partial charge in [-0.05, 0) is 18.4 Å². The predicted octanol–water partition coefficient (Wildman–Crippen LogP) is 0.962. The van der Waals surface area contributed by atoms with Gasteiger partial charge in [-0.1, -0.05) is 13.3 Å². The van der Waals surface area contributed by atoms with Crippen LogP contribution in [0.1, 0.15) is 47.5 Å². The lowest BCUT2D eigenvalue weighted by molar-refractivity contribution is -0.137. The molecule has 0 bridgehead atoms. The smallest absolute Gasteiger partial charge is 0.257 e. The molecule has 1 aromatic heterocycles. The van der Waals surface area contributed by atoms with Crippen LogP contribution in [0.2, 0.25) is 0 Å². The fraction of sp³-hybridized carbons (Fsp3) is 0.556. The third-order valence-corrected chi connectivity index (χ3v) is 5.95. The SMILES string of the molecule is CCCC(NC(C)=O)C(=O)N1CCc2c(sc3c2C(=O)N(C)CC(=O)N3)C1. The Bertz CT molecular complexity index is 804. The first-order chi connectivity index (χ1) is 12.8. The van der Waals surface area contributed by atoms with Gasteiger partial charge in [0.15, 0.2) is 0 Å². The molecule has 4 amide bonds. The first kappa shape index (κ1) is 19.3. The van der Waals surface area contributed by atoms with E-state index in [0.29, 0.717) is 36.5 Å². The van der Waals surface area contributed by atoms with Crippen LogP contribution in [-0.4, -0.2) is 59.6 Å². The molecule has 0 fully saturated rings. The molecule has 1 atom stereocenters. The number of likely N-dealkylation sites (N-methyl/N-ethyl adjacent to an activating group) is 1. The molecule has 27 heavy (non-hydrogen) atoms. The molecule has 0 aromatic carbocycles. The van der Waals surface area contributed by atoms with Crippen molar-refractivity contribution in [3.05, 3.63) is 16.0 Å². The van der Waals surface area contributed by atoms with Crippen molar-refractivity contribution >= 4 is 40.0 Å². The summed E-state index contributed by atoms with van der Waals surface area (Å²) in [5.74, 6) is -0.708. The third kappa shape index (κ3) is 3.83. The Morgan fingerprint density at radius 2 is 2.04 bits per heavy atom. The zero-order valence-corrected chi connectivity index (χ0v) is 16.6. The van der Waals surface area contributed by atoms with Gasteiger partial charge in [0, 0.05) is 25.4 Å². The highest BCUT2D eigenvalue weighted by atomic mass is 32.1. The summed E-state index contributed by atoms with van der Waals surface area (Å²) in [6.07, 6.45) is 1.93. The van der Waals surface area contributed by atoms with Crippen LogP contribution in [-0.2, 0) is 27.3 Å². The molecule has 2 aliphatic rings. The maximum atomic E-state index is 12.9. The van der Waals surface area contributed by atoms with E-state index < -0.39 is 6.04 Å². The van der Waals surface area contributed by atoms with E-state index in [2.05, 4.69) is 10.6 Å². The molecule has 0 spiro atoms. The Hall–Kier alpha value is -2.42. The largest absolute Gasteiger partial charge is 0.345 e. The average molecular weight is 392 g/mol. The Morgan fingerprint density at radius 3 is 2.70 bits per heavy atom. The second kappa shape index (κ2) is 7.67. The van der Waals surface area contributed by atoms with Gasteiger partial charge in [-0.2, -0.15) is 0 Å². The van der Waals surface area contributed by atoms with Gasteiger partial charge < -0.3 is 20.4 Å². The quantitative estimate of drug-likeness (QED) is 0.797. The van der Waals surface area contributed by atoms with Crippen LogP contribution in [0.3, 0.4) is 0 Å². The zero-order valence-electron chi connectivity index (χ0n) is 15.8. The molecular formula is C18H24N4O4S. The predicted molar refractivity (Wildman–Crippen MR) is 102 cm³/mol. The van der Waals surface area contributed by atoms with Gasteiger partial charge in [0.05, 0.1) is 18.7 Å². The Balaban J connectivity index is 1.84. The summed E-state index contributed by atoms with van der Waals surface area (Å²) < 4.78 is 0. The van der Waals surface area contributed by atoms with Gasteiger partial charge >= 0.3 is 0 Å². The molecule has 1 aromatic rings. The van der Waals surface area contributed by atoms with Crippen molar-refractivity contribution in [2.24, 2.45) is 0 Å². The van der Waals surface area contributed by atoms with E-state index in [1.165, 1.54) is 23.2 Å². The standard InChI is InChI=1S/C18H24N4O4S/c1-4-5-12(19-10(2)23)17(25)22-7-6-11-13(8-22)27-16-15(11)18(26)21(3)9-14(24)20-16/h12H,4-9H2,1-3H3,(H,19,23)(H,20,24). The van der Waals surface area contributed by atoms with Gasteiger partial charge in [0.1, 0.15) is 11.0 Å². The molecule has 2 N–H and O–H groups in total.